The Bertz CT molecular complexity index is 471. The van der Waals surface area contributed by atoms with Crippen molar-refractivity contribution in [3.8, 4) is 5.88 Å². The monoisotopic (exact) mass is 234 g/mol. The van der Waals surface area contributed by atoms with E-state index >= 15 is 0 Å². The van der Waals surface area contributed by atoms with Gasteiger partial charge in [-0.3, -0.25) is 0 Å². The lowest BCUT2D eigenvalue weighted by atomic mass is 10.3. The zero-order chi connectivity index (χ0) is 11.4. The number of benzene rings is 1. The predicted molar refractivity (Wildman–Crippen MR) is 65.5 cm³/mol. The normalized spacial score (nSPS) is 9.88. The molecule has 0 spiro atoms. The van der Waals surface area contributed by atoms with Gasteiger partial charge in [0.2, 0.25) is 5.88 Å². The molecule has 0 radical (unpaired) electrons. The molecule has 0 bridgehead atoms. The maximum atomic E-state index is 6.03. The minimum Gasteiger partial charge on any atom is -0.481 e. The van der Waals surface area contributed by atoms with Crippen LogP contribution in [0, 0.1) is 0 Å². The van der Waals surface area contributed by atoms with Crippen molar-refractivity contribution in [1.82, 2.24) is 4.98 Å². The summed E-state index contributed by atoms with van der Waals surface area (Å²) in [6.45, 7) is 0. The van der Waals surface area contributed by atoms with E-state index in [1.165, 1.54) is 0 Å². The second-order valence-corrected chi connectivity index (χ2v) is 3.60. The van der Waals surface area contributed by atoms with Gasteiger partial charge in [-0.2, -0.15) is 0 Å². The first-order valence-corrected chi connectivity index (χ1v) is 5.19. The summed E-state index contributed by atoms with van der Waals surface area (Å²) in [5, 5.41) is 3.85. The third-order valence-corrected chi connectivity index (χ3v) is 2.43. The predicted octanol–water partition coefficient (Wildman–Crippen LogP) is 3.49. The molecule has 0 aliphatic heterocycles. The van der Waals surface area contributed by atoms with Crippen molar-refractivity contribution >= 4 is 23.0 Å². The van der Waals surface area contributed by atoms with Crippen molar-refractivity contribution in [2.45, 2.75) is 0 Å². The number of hydrogen-bond donors (Lipinski definition) is 1. The number of nitrogens with zero attached hydrogens (tertiary/aromatic N) is 1. The topological polar surface area (TPSA) is 34.1 Å². The van der Waals surface area contributed by atoms with Crippen molar-refractivity contribution in [3.05, 3.63) is 47.6 Å². The first-order chi connectivity index (χ1) is 7.79. The second kappa shape index (κ2) is 4.86. The number of halogens is 1. The molecule has 0 aliphatic carbocycles. The number of ether oxygens (including phenoxy) is 1. The van der Waals surface area contributed by atoms with Crippen LogP contribution < -0.4 is 10.1 Å². The Hall–Kier alpha value is -1.74. The maximum absolute atomic E-state index is 6.03. The molecule has 0 amide bonds. The van der Waals surface area contributed by atoms with Crippen LogP contribution in [0.5, 0.6) is 5.88 Å². The Balaban J connectivity index is 2.18. The van der Waals surface area contributed by atoms with Gasteiger partial charge in [-0.1, -0.05) is 23.7 Å². The third-order valence-electron chi connectivity index (χ3n) is 2.10. The lowest BCUT2D eigenvalue weighted by molar-refractivity contribution is 0.398. The Morgan fingerprint density at radius 1 is 1.19 bits per heavy atom. The zero-order valence-corrected chi connectivity index (χ0v) is 9.53. The largest absolute Gasteiger partial charge is 0.481 e. The minimum absolute atomic E-state index is 0.588. The lowest BCUT2D eigenvalue weighted by Crippen LogP contribution is -1.93. The van der Waals surface area contributed by atoms with Crippen LogP contribution in [0.4, 0.5) is 11.4 Å². The summed E-state index contributed by atoms with van der Waals surface area (Å²) in [6.07, 6.45) is 1.70. The highest BCUT2D eigenvalue weighted by molar-refractivity contribution is 6.33. The molecular formula is C12H11ClN2O. The standard InChI is InChI=1S/C12H11ClN2O/c1-16-12-7-6-9(8-14-12)15-11-5-3-2-4-10(11)13/h2-8,15H,1H3. The summed E-state index contributed by atoms with van der Waals surface area (Å²) < 4.78 is 4.98. The van der Waals surface area contributed by atoms with Crippen LogP contribution >= 0.6 is 11.6 Å². The average molecular weight is 235 g/mol. The van der Waals surface area contributed by atoms with Crippen LogP contribution in [0.1, 0.15) is 0 Å². The Kier molecular flexibility index (Phi) is 3.27. The molecule has 4 heteroatoms. The number of hydrogen-bond acceptors (Lipinski definition) is 3. The number of para-hydroxylation sites is 1. The fraction of sp³-hybridized carbons (Fsp3) is 0.0833. The van der Waals surface area contributed by atoms with Crippen LogP contribution in [0.25, 0.3) is 0 Å². The van der Waals surface area contributed by atoms with E-state index in [-0.39, 0.29) is 0 Å². The fourth-order valence-electron chi connectivity index (χ4n) is 1.29. The Labute approximate surface area is 99.0 Å². The molecule has 0 saturated carbocycles. The smallest absolute Gasteiger partial charge is 0.213 e. The van der Waals surface area contributed by atoms with Crippen LogP contribution in [-0.2, 0) is 0 Å². The molecule has 0 atom stereocenters. The van der Waals surface area contributed by atoms with E-state index in [2.05, 4.69) is 10.3 Å². The molecule has 0 fully saturated rings. The van der Waals surface area contributed by atoms with Gasteiger partial charge in [0.15, 0.2) is 0 Å². The van der Waals surface area contributed by atoms with Crippen molar-refractivity contribution in [1.29, 1.82) is 0 Å². The SMILES string of the molecule is COc1ccc(Nc2ccccc2Cl)cn1. The van der Waals surface area contributed by atoms with Gasteiger partial charge in [0, 0.05) is 6.07 Å². The average Bonchev–Trinajstić information content (AvgIpc) is 2.33. The number of anilines is 2. The summed E-state index contributed by atoms with van der Waals surface area (Å²) in [5.74, 6) is 0.588. The molecule has 0 unspecified atom stereocenters. The number of aromatic nitrogens is 1. The molecular weight excluding hydrogens is 224 g/mol. The van der Waals surface area contributed by atoms with E-state index in [4.69, 9.17) is 16.3 Å². The lowest BCUT2D eigenvalue weighted by Gasteiger charge is -2.07. The number of rotatable bonds is 3. The van der Waals surface area contributed by atoms with E-state index in [1.54, 1.807) is 19.4 Å². The summed E-state index contributed by atoms with van der Waals surface area (Å²) in [6, 6.07) is 11.2. The zero-order valence-electron chi connectivity index (χ0n) is 8.77. The van der Waals surface area contributed by atoms with Gasteiger partial charge in [-0.25, -0.2) is 4.98 Å². The van der Waals surface area contributed by atoms with Crippen molar-refractivity contribution < 1.29 is 4.74 Å². The van der Waals surface area contributed by atoms with Crippen molar-refractivity contribution in [2.75, 3.05) is 12.4 Å². The number of nitrogens with one attached hydrogen (secondary N) is 1. The molecule has 1 heterocycles. The van der Waals surface area contributed by atoms with Gasteiger partial charge in [0.25, 0.3) is 0 Å². The molecule has 16 heavy (non-hydrogen) atoms. The van der Waals surface area contributed by atoms with Crippen LogP contribution in [0.3, 0.4) is 0 Å². The molecule has 2 rings (SSSR count). The summed E-state index contributed by atoms with van der Waals surface area (Å²) >= 11 is 6.03. The molecule has 2 aromatic rings. The van der Waals surface area contributed by atoms with E-state index < -0.39 is 0 Å². The minimum atomic E-state index is 0.588. The molecule has 82 valence electrons. The van der Waals surface area contributed by atoms with E-state index in [0.29, 0.717) is 10.9 Å². The molecule has 1 N–H and O–H groups in total. The Morgan fingerprint density at radius 3 is 2.62 bits per heavy atom. The van der Waals surface area contributed by atoms with Crippen LogP contribution in [0.15, 0.2) is 42.6 Å². The summed E-state index contributed by atoms with van der Waals surface area (Å²) in [7, 11) is 1.59. The highest BCUT2D eigenvalue weighted by Crippen LogP contribution is 2.24. The van der Waals surface area contributed by atoms with E-state index in [1.807, 2.05) is 30.3 Å². The molecule has 0 aliphatic rings. The first kappa shape index (κ1) is 10.8. The summed E-state index contributed by atoms with van der Waals surface area (Å²) in [5.41, 5.74) is 1.73. The third kappa shape index (κ3) is 2.44. The van der Waals surface area contributed by atoms with Gasteiger partial charge in [-0.05, 0) is 18.2 Å². The molecule has 1 aromatic carbocycles. The maximum Gasteiger partial charge on any atom is 0.213 e. The van der Waals surface area contributed by atoms with Gasteiger partial charge < -0.3 is 10.1 Å². The molecule has 3 nitrogen and oxygen atoms in total. The first-order valence-electron chi connectivity index (χ1n) is 4.81. The summed E-state index contributed by atoms with van der Waals surface area (Å²) in [4.78, 5) is 4.10. The molecule has 0 saturated heterocycles. The van der Waals surface area contributed by atoms with E-state index in [0.717, 1.165) is 11.4 Å². The van der Waals surface area contributed by atoms with Gasteiger partial charge in [-0.15, -0.1) is 0 Å². The van der Waals surface area contributed by atoms with Crippen molar-refractivity contribution in [2.24, 2.45) is 0 Å². The second-order valence-electron chi connectivity index (χ2n) is 3.19. The highest BCUT2D eigenvalue weighted by atomic mass is 35.5. The van der Waals surface area contributed by atoms with E-state index in [9.17, 15) is 0 Å². The quantitative estimate of drug-likeness (QED) is 0.883. The van der Waals surface area contributed by atoms with Gasteiger partial charge in [0.1, 0.15) is 0 Å². The van der Waals surface area contributed by atoms with Gasteiger partial charge in [0.05, 0.1) is 29.7 Å². The van der Waals surface area contributed by atoms with Crippen molar-refractivity contribution in [3.63, 3.8) is 0 Å². The number of pyridine rings is 1. The Morgan fingerprint density at radius 2 is 2.00 bits per heavy atom. The van der Waals surface area contributed by atoms with Crippen LogP contribution in [-0.4, -0.2) is 12.1 Å². The highest BCUT2D eigenvalue weighted by Gasteiger charge is 1.99. The van der Waals surface area contributed by atoms with Gasteiger partial charge >= 0.3 is 0 Å². The number of methoxy groups -OCH3 is 1. The van der Waals surface area contributed by atoms with Crippen LogP contribution in [0.2, 0.25) is 5.02 Å². The fourth-order valence-corrected chi connectivity index (χ4v) is 1.48. The molecule has 1 aromatic heterocycles.